The molecule has 1 nitrogen and oxygen atoms in total. The van der Waals surface area contributed by atoms with Gasteiger partial charge in [0.2, 0.25) is 0 Å². The first kappa shape index (κ1) is 10.7. The van der Waals surface area contributed by atoms with Crippen molar-refractivity contribution in [2.75, 3.05) is 0 Å². The summed E-state index contributed by atoms with van der Waals surface area (Å²) in [5.41, 5.74) is 2.04. The Bertz CT molecular complexity index is 580. The van der Waals surface area contributed by atoms with Crippen LogP contribution in [0, 0.1) is 0 Å². The molecule has 0 aliphatic heterocycles. The maximum Gasteiger partial charge on any atom is 0.0852 e. The normalized spacial score (nSPS) is 9.75. The quantitative estimate of drug-likeness (QED) is 0.431. The Balaban J connectivity index is 2.77. The van der Waals surface area contributed by atoms with Gasteiger partial charge >= 0.3 is 0 Å². The third kappa shape index (κ3) is 1.94. The Morgan fingerprint density at radius 3 is 2.81 bits per heavy atom. The molecule has 0 fully saturated rings. The molecule has 2 aromatic carbocycles. The zero-order valence-corrected chi connectivity index (χ0v) is 9.63. The molecule has 0 aliphatic carbocycles. The molecular formula is C14H11NS. The van der Waals surface area contributed by atoms with Gasteiger partial charge in [0, 0.05) is 5.39 Å². The number of rotatable bonds is 3. The molecule has 2 heteroatoms. The van der Waals surface area contributed by atoms with Crippen molar-refractivity contribution in [3.63, 3.8) is 0 Å². The van der Waals surface area contributed by atoms with E-state index in [1.165, 1.54) is 5.39 Å². The Morgan fingerprint density at radius 2 is 2.06 bits per heavy atom. The number of nitrogens with zero attached hydrogens (tertiary/aromatic N) is 1. The predicted octanol–water partition coefficient (Wildman–Crippen LogP) is 4.30. The molecule has 0 amide bonds. The third-order valence-corrected chi connectivity index (χ3v) is 2.60. The first-order chi connectivity index (χ1) is 7.86. The first-order valence-electron chi connectivity index (χ1n) is 5.06. The molecule has 0 bridgehead atoms. The summed E-state index contributed by atoms with van der Waals surface area (Å²) < 4.78 is 0. The minimum atomic E-state index is 0.792. The molecule has 0 radical (unpaired) electrons. The second-order valence-electron chi connectivity index (χ2n) is 3.49. The maximum atomic E-state index is 4.70. The van der Waals surface area contributed by atoms with Gasteiger partial charge < -0.3 is 0 Å². The number of thiocarbonyl (C=S) groups is 1. The van der Waals surface area contributed by atoms with Crippen molar-refractivity contribution in [3.05, 3.63) is 54.6 Å². The minimum absolute atomic E-state index is 0.792. The van der Waals surface area contributed by atoms with Crippen molar-refractivity contribution < 1.29 is 0 Å². The number of benzene rings is 2. The van der Waals surface area contributed by atoms with Crippen LogP contribution in [0.15, 0.2) is 54.0 Å². The van der Waals surface area contributed by atoms with Crippen LogP contribution in [-0.2, 0) is 6.42 Å². The number of aliphatic imine (C=N–C) groups is 1. The molecule has 0 saturated carbocycles. The van der Waals surface area contributed by atoms with E-state index < -0.39 is 0 Å². The fraction of sp³-hybridized carbons (Fsp3) is 0.0714. The molecule has 0 heterocycles. The lowest BCUT2D eigenvalue weighted by molar-refractivity contribution is 1.27. The van der Waals surface area contributed by atoms with Crippen LogP contribution in [0.3, 0.4) is 0 Å². The Kier molecular flexibility index (Phi) is 3.25. The smallest absolute Gasteiger partial charge is 0.0852 e. The van der Waals surface area contributed by atoms with Crippen LogP contribution in [0.25, 0.3) is 10.8 Å². The zero-order chi connectivity index (χ0) is 11.4. The molecule has 0 saturated heterocycles. The molecule has 0 N–H and O–H groups in total. The minimum Gasteiger partial charge on any atom is -0.194 e. The van der Waals surface area contributed by atoms with Crippen LogP contribution in [0.4, 0.5) is 5.69 Å². The standard InChI is InChI=1S/C14H11NS/c1-2-5-12-9-8-11-6-3-4-7-13(11)14(12)15-10-16/h2-4,6-9H,1,5H2. The molecule has 78 valence electrons. The summed E-state index contributed by atoms with van der Waals surface area (Å²) in [5, 5.41) is 4.73. The fourth-order valence-electron chi connectivity index (χ4n) is 1.80. The number of fused-ring (bicyclic) bond motifs is 1. The molecular weight excluding hydrogens is 214 g/mol. The topological polar surface area (TPSA) is 12.4 Å². The molecule has 2 rings (SSSR count). The van der Waals surface area contributed by atoms with Crippen molar-refractivity contribution in [1.29, 1.82) is 0 Å². The van der Waals surface area contributed by atoms with Gasteiger partial charge in [-0.15, -0.1) is 6.58 Å². The highest BCUT2D eigenvalue weighted by Crippen LogP contribution is 2.30. The summed E-state index contributed by atoms with van der Waals surface area (Å²) in [6, 6.07) is 12.3. The number of hydrogen-bond donors (Lipinski definition) is 0. The number of isothiocyanates is 1. The Morgan fingerprint density at radius 1 is 1.25 bits per heavy atom. The number of hydrogen-bond acceptors (Lipinski definition) is 2. The SMILES string of the molecule is C=CCc1ccc2ccccc2c1N=C=S. The second-order valence-corrected chi connectivity index (χ2v) is 3.67. The van der Waals surface area contributed by atoms with E-state index in [1.54, 1.807) is 0 Å². The van der Waals surface area contributed by atoms with Gasteiger partial charge in [0.1, 0.15) is 0 Å². The van der Waals surface area contributed by atoms with E-state index in [9.17, 15) is 0 Å². The van der Waals surface area contributed by atoms with Crippen LogP contribution in [0.5, 0.6) is 0 Å². The van der Waals surface area contributed by atoms with Crippen molar-refractivity contribution in [1.82, 2.24) is 0 Å². The Hall–Kier alpha value is -1.76. The van der Waals surface area contributed by atoms with Crippen LogP contribution < -0.4 is 0 Å². The van der Waals surface area contributed by atoms with E-state index in [4.69, 9.17) is 12.2 Å². The molecule has 0 unspecified atom stereocenters. The van der Waals surface area contributed by atoms with Crippen LogP contribution in [0.1, 0.15) is 5.56 Å². The lowest BCUT2D eigenvalue weighted by Crippen LogP contribution is -1.84. The van der Waals surface area contributed by atoms with Gasteiger partial charge in [-0.3, -0.25) is 0 Å². The summed E-state index contributed by atoms with van der Waals surface area (Å²) in [6.07, 6.45) is 2.66. The summed E-state index contributed by atoms with van der Waals surface area (Å²) in [4.78, 5) is 4.17. The number of allylic oxidation sites excluding steroid dienone is 1. The van der Waals surface area contributed by atoms with Crippen LogP contribution >= 0.6 is 12.2 Å². The first-order valence-corrected chi connectivity index (χ1v) is 5.47. The van der Waals surface area contributed by atoms with E-state index >= 15 is 0 Å². The van der Waals surface area contributed by atoms with Gasteiger partial charge in [-0.2, -0.15) is 4.99 Å². The predicted molar refractivity (Wildman–Crippen MR) is 72.5 cm³/mol. The summed E-state index contributed by atoms with van der Waals surface area (Å²) in [7, 11) is 0. The highest BCUT2D eigenvalue weighted by atomic mass is 32.1. The van der Waals surface area contributed by atoms with E-state index in [-0.39, 0.29) is 0 Å². The summed E-state index contributed by atoms with van der Waals surface area (Å²) >= 11 is 4.70. The zero-order valence-electron chi connectivity index (χ0n) is 8.81. The molecule has 16 heavy (non-hydrogen) atoms. The molecule has 0 aromatic heterocycles. The Labute approximate surface area is 100 Å². The molecule has 0 spiro atoms. The van der Waals surface area contributed by atoms with Crippen LogP contribution in [-0.4, -0.2) is 5.16 Å². The van der Waals surface area contributed by atoms with Crippen molar-refractivity contribution >= 4 is 33.8 Å². The van der Waals surface area contributed by atoms with E-state index in [1.807, 2.05) is 24.3 Å². The molecule has 2 aromatic rings. The summed E-state index contributed by atoms with van der Waals surface area (Å²) in [6.45, 7) is 3.75. The lowest BCUT2D eigenvalue weighted by atomic mass is 10.0. The van der Waals surface area contributed by atoms with Gasteiger partial charge in [0.05, 0.1) is 10.8 Å². The molecule has 0 atom stereocenters. The fourth-order valence-corrected chi connectivity index (χ4v) is 1.89. The maximum absolute atomic E-state index is 4.70. The highest BCUT2D eigenvalue weighted by molar-refractivity contribution is 7.78. The van der Waals surface area contributed by atoms with Gasteiger partial charge in [-0.1, -0.05) is 42.5 Å². The van der Waals surface area contributed by atoms with Gasteiger partial charge in [-0.25, -0.2) is 0 Å². The van der Waals surface area contributed by atoms with Gasteiger partial charge in [0.15, 0.2) is 0 Å². The lowest BCUT2D eigenvalue weighted by Gasteiger charge is -2.06. The van der Waals surface area contributed by atoms with Crippen molar-refractivity contribution in [3.8, 4) is 0 Å². The second kappa shape index (κ2) is 4.84. The van der Waals surface area contributed by atoms with E-state index in [0.29, 0.717) is 0 Å². The van der Waals surface area contributed by atoms with E-state index in [2.05, 4.69) is 34.9 Å². The third-order valence-electron chi connectivity index (χ3n) is 2.51. The van der Waals surface area contributed by atoms with E-state index in [0.717, 1.165) is 23.1 Å². The average Bonchev–Trinajstić information content (AvgIpc) is 2.32. The van der Waals surface area contributed by atoms with Crippen LogP contribution in [0.2, 0.25) is 0 Å². The van der Waals surface area contributed by atoms with Crippen molar-refractivity contribution in [2.45, 2.75) is 6.42 Å². The highest BCUT2D eigenvalue weighted by Gasteiger charge is 2.04. The summed E-state index contributed by atoms with van der Waals surface area (Å²) in [5.74, 6) is 0. The van der Waals surface area contributed by atoms with Gasteiger partial charge in [-0.05, 0) is 29.6 Å². The average molecular weight is 225 g/mol. The molecule has 0 aliphatic rings. The largest absolute Gasteiger partial charge is 0.194 e. The monoisotopic (exact) mass is 225 g/mol. The van der Waals surface area contributed by atoms with Crippen molar-refractivity contribution in [2.24, 2.45) is 4.99 Å². The van der Waals surface area contributed by atoms with Gasteiger partial charge in [0.25, 0.3) is 0 Å².